The number of rotatable bonds is 4. The van der Waals surface area contributed by atoms with Crippen LogP contribution in [-0.2, 0) is 9.53 Å². The van der Waals surface area contributed by atoms with Gasteiger partial charge in [0.05, 0.1) is 6.61 Å². The first kappa shape index (κ1) is 14.3. The lowest BCUT2D eigenvalue weighted by Gasteiger charge is -2.18. The van der Waals surface area contributed by atoms with E-state index < -0.39 is 18.2 Å². The average Bonchev–Trinajstić information content (AvgIpc) is 2.35. The molecule has 0 saturated heterocycles. The van der Waals surface area contributed by atoms with E-state index in [-0.39, 0.29) is 29.2 Å². The van der Waals surface area contributed by atoms with Crippen molar-refractivity contribution in [2.24, 2.45) is 0 Å². The molecule has 4 N–H and O–H groups in total. The van der Waals surface area contributed by atoms with Crippen molar-refractivity contribution < 1.29 is 30.0 Å². The maximum Gasteiger partial charge on any atom is 0.338 e. The molecule has 0 aliphatic heterocycles. The summed E-state index contributed by atoms with van der Waals surface area (Å²) in [5.74, 6) is -1.49. The van der Waals surface area contributed by atoms with Gasteiger partial charge in [-0.05, 0) is 26.0 Å². The smallest absolute Gasteiger partial charge is 0.338 e. The van der Waals surface area contributed by atoms with Gasteiger partial charge in [-0.3, -0.25) is 0 Å². The topological polar surface area (TPSA) is 107 Å². The predicted octanol–water partition coefficient (Wildman–Crippen LogP) is 0.364. The number of phenolic OH excluding ortho intramolecular Hbond substituents is 2. The summed E-state index contributed by atoms with van der Waals surface area (Å²) >= 11 is 0. The number of aliphatic hydroxyl groups excluding tert-OH is 2. The summed E-state index contributed by atoms with van der Waals surface area (Å²) in [5, 5.41) is 38.4. The van der Waals surface area contributed by atoms with E-state index in [1.165, 1.54) is 19.1 Å². The van der Waals surface area contributed by atoms with Crippen molar-refractivity contribution in [1.29, 1.82) is 0 Å². The van der Waals surface area contributed by atoms with Crippen LogP contribution in [0.25, 0.3) is 0 Å². The summed E-state index contributed by atoms with van der Waals surface area (Å²) in [6.07, 6.45) is -3.41. The predicted molar refractivity (Wildman–Crippen MR) is 62.1 cm³/mol. The minimum absolute atomic E-state index is 0.0501. The van der Waals surface area contributed by atoms with Gasteiger partial charge in [0.2, 0.25) is 0 Å². The van der Waals surface area contributed by atoms with Gasteiger partial charge >= 0.3 is 5.97 Å². The second kappa shape index (κ2) is 5.70. The van der Waals surface area contributed by atoms with Crippen molar-refractivity contribution in [3.8, 4) is 11.5 Å². The second-order valence-corrected chi connectivity index (χ2v) is 3.79. The molecule has 2 atom stereocenters. The molecule has 0 radical (unpaired) electrons. The van der Waals surface area contributed by atoms with Gasteiger partial charge in [-0.1, -0.05) is 0 Å². The minimum atomic E-state index is -1.79. The van der Waals surface area contributed by atoms with Crippen LogP contribution in [0.1, 0.15) is 24.2 Å². The zero-order valence-corrected chi connectivity index (χ0v) is 10.1. The number of esters is 1. The number of ether oxygens (including phenoxy) is 1. The van der Waals surface area contributed by atoms with Crippen LogP contribution in [0.15, 0.2) is 12.1 Å². The SMILES string of the molecule is CCOC(=O)C(O)C(O)c1ccc(O)c(C)c1O. The number of benzene rings is 1. The van der Waals surface area contributed by atoms with Gasteiger partial charge in [-0.25, -0.2) is 4.79 Å². The Morgan fingerprint density at radius 2 is 1.94 bits per heavy atom. The Kier molecular flexibility index (Phi) is 4.52. The summed E-state index contributed by atoms with van der Waals surface area (Å²) in [7, 11) is 0. The number of aromatic hydroxyl groups is 2. The standard InChI is InChI=1S/C12H16O6/c1-3-18-12(17)11(16)10(15)7-4-5-8(13)6(2)9(7)14/h4-5,10-11,13-16H,3H2,1-2H3. The second-order valence-electron chi connectivity index (χ2n) is 3.79. The molecule has 2 unspecified atom stereocenters. The minimum Gasteiger partial charge on any atom is -0.508 e. The molecule has 0 spiro atoms. The monoisotopic (exact) mass is 256 g/mol. The zero-order chi connectivity index (χ0) is 13.9. The molecule has 100 valence electrons. The molecule has 0 aromatic heterocycles. The van der Waals surface area contributed by atoms with Gasteiger partial charge in [0.25, 0.3) is 0 Å². The lowest BCUT2D eigenvalue weighted by atomic mass is 10.00. The Balaban J connectivity index is 3.00. The van der Waals surface area contributed by atoms with E-state index in [1.807, 2.05) is 0 Å². The van der Waals surface area contributed by atoms with Crippen molar-refractivity contribution in [3.05, 3.63) is 23.3 Å². The fourth-order valence-electron chi connectivity index (χ4n) is 1.48. The normalized spacial score (nSPS) is 14.0. The van der Waals surface area contributed by atoms with Crippen LogP contribution in [0.4, 0.5) is 0 Å². The van der Waals surface area contributed by atoms with Gasteiger partial charge in [0, 0.05) is 11.1 Å². The molecular weight excluding hydrogens is 240 g/mol. The Labute approximate surface area is 104 Å². The van der Waals surface area contributed by atoms with Gasteiger partial charge < -0.3 is 25.2 Å². The third kappa shape index (κ3) is 2.72. The lowest BCUT2D eigenvalue weighted by molar-refractivity contribution is -0.159. The number of aliphatic hydroxyl groups is 2. The molecule has 6 heteroatoms. The third-order valence-corrected chi connectivity index (χ3v) is 2.58. The summed E-state index contributed by atoms with van der Waals surface area (Å²) in [4.78, 5) is 11.3. The fraction of sp³-hybridized carbons (Fsp3) is 0.417. The molecule has 0 bridgehead atoms. The van der Waals surface area contributed by atoms with E-state index in [0.29, 0.717) is 0 Å². The first-order chi connectivity index (χ1) is 8.40. The van der Waals surface area contributed by atoms with Crippen LogP contribution < -0.4 is 0 Å². The van der Waals surface area contributed by atoms with E-state index in [1.54, 1.807) is 6.92 Å². The van der Waals surface area contributed by atoms with E-state index in [9.17, 15) is 25.2 Å². The summed E-state index contributed by atoms with van der Waals surface area (Å²) < 4.78 is 4.56. The van der Waals surface area contributed by atoms with Crippen LogP contribution in [0.5, 0.6) is 11.5 Å². The summed E-state index contributed by atoms with van der Waals surface area (Å²) in [6, 6.07) is 2.48. The lowest BCUT2D eigenvalue weighted by Crippen LogP contribution is -2.30. The highest BCUT2D eigenvalue weighted by Crippen LogP contribution is 2.34. The quantitative estimate of drug-likeness (QED) is 0.579. The van der Waals surface area contributed by atoms with Gasteiger partial charge in [0.15, 0.2) is 6.10 Å². The Morgan fingerprint density at radius 1 is 1.33 bits per heavy atom. The molecule has 1 aromatic rings. The Hall–Kier alpha value is -1.79. The van der Waals surface area contributed by atoms with Crippen LogP contribution in [0, 0.1) is 6.92 Å². The molecular formula is C12H16O6. The Bertz CT molecular complexity index is 442. The molecule has 6 nitrogen and oxygen atoms in total. The van der Waals surface area contributed by atoms with E-state index in [0.717, 1.165) is 0 Å². The maximum atomic E-state index is 11.3. The maximum absolute atomic E-state index is 11.3. The fourth-order valence-corrected chi connectivity index (χ4v) is 1.48. The van der Waals surface area contributed by atoms with Gasteiger partial charge in [-0.15, -0.1) is 0 Å². The molecule has 0 amide bonds. The van der Waals surface area contributed by atoms with Gasteiger partial charge in [-0.2, -0.15) is 0 Å². The van der Waals surface area contributed by atoms with Crippen molar-refractivity contribution in [2.75, 3.05) is 6.61 Å². The van der Waals surface area contributed by atoms with Crippen LogP contribution in [0.2, 0.25) is 0 Å². The van der Waals surface area contributed by atoms with Crippen molar-refractivity contribution in [1.82, 2.24) is 0 Å². The van der Waals surface area contributed by atoms with Gasteiger partial charge in [0.1, 0.15) is 17.6 Å². The van der Waals surface area contributed by atoms with Crippen LogP contribution >= 0.6 is 0 Å². The first-order valence-electron chi connectivity index (χ1n) is 5.44. The highest BCUT2D eigenvalue weighted by molar-refractivity contribution is 5.75. The Morgan fingerprint density at radius 3 is 2.50 bits per heavy atom. The number of phenols is 2. The van der Waals surface area contributed by atoms with E-state index in [2.05, 4.69) is 4.74 Å². The number of hydrogen-bond donors (Lipinski definition) is 4. The average molecular weight is 256 g/mol. The molecule has 1 aromatic carbocycles. The molecule has 0 fully saturated rings. The molecule has 0 aliphatic rings. The molecule has 1 rings (SSSR count). The van der Waals surface area contributed by atoms with Crippen LogP contribution in [-0.4, -0.2) is 39.1 Å². The highest BCUT2D eigenvalue weighted by Gasteiger charge is 2.29. The number of carbonyl (C=O) groups is 1. The van der Waals surface area contributed by atoms with Crippen molar-refractivity contribution in [3.63, 3.8) is 0 Å². The van der Waals surface area contributed by atoms with Crippen molar-refractivity contribution >= 4 is 5.97 Å². The molecule has 0 heterocycles. The van der Waals surface area contributed by atoms with Crippen molar-refractivity contribution in [2.45, 2.75) is 26.1 Å². The number of carbonyl (C=O) groups excluding carboxylic acids is 1. The van der Waals surface area contributed by atoms with E-state index in [4.69, 9.17) is 0 Å². The largest absolute Gasteiger partial charge is 0.508 e. The molecule has 18 heavy (non-hydrogen) atoms. The molecule has 0 saturated carbocycles. The van der Waals surface area contributed by atoms with E-state index >= 15 is 0 Å². The molecule has 0 aliphatic carbocycles. The third-order valence-electron chi connectivity index (χ3n) is 2.58. The zero-order valence-electron chi connectivity index (χ0n) is 10.1. The number of hydrogen-bond acceptors (Lipinski definition) is 6. The first-order valence-corrected chi connectivity index (χ1v) is 5.44. The summed E-state index contributed by atoms with van der Waals surface area (Å²) in [5.41, 5.74) is 0.105. The highest BCUT2D eigenvalue weighted by atomic mass is 16.5. The van der Waals surface area contributed by atoms with Crippen LogP contribution in [0.3, 0.4) is 0 Å². The summed E-state index contributed by atoms with van der Waals surface area (Å²) in [6.45, 7) is 3.08.